The van der Waals surface area contributed by atoms with E-state index < -0.39 is 21.8 Å². The number of sulfonamides is 1. The molecule has 3 aromatic rings. The second kappa shape index (κ2) is 8.67. The summed E-state index contributed by atoms with van der Waals surface area (Å²) in [5, 5.41) is 0. The molecule has 0 radical (unpaired) electrons. The van der Waals surface area contributed by atoms with Crippen LogP contribution in [-0.4, -0.2) is 25.2 Å². The van der Waals surface area contributed by atoms with Gasteiger partial charge >= 0.3 is 0 Å². The molecule has 2 aromatic heterocycles. The molecule has 0 aliphatic carbocycles. The summed E-state index contributed by atoms with van der Waals surface area (Å²) in [7, 11) is -3.87. The Balaban J connectivity index is 1.70. The number of benzene rings is 1. The van der Waals surface area contributed by atoms with Crippen LogP contribution in [0.5, 0.6) is 0 Å². The van der Waals surface area contributed by atoms with Crippen LogP contribution in [0.4, 0.5) is 0 Å². The van der Waals surface area contributed by atoms with Crippen LogP contribution in [0.3, 0.4) is 0 Å². The highest BCUT2D eigenvalue weighted by atomic mass is 32.2. The SMILES string of the molecule is Cc1ccc(S(=O)(=O)NCc2ccco2)cc1C(=O)NNC(=O)c1cccnc1. The molecule has 29 heavy (non-hydrogen) atoms. The second-order valence-corrected chi connectivity index (χ2v) is 7.80. The second-order valence-electron chi connectivity index (χ2n) is 6.03. The lowest BCUT2D eigenvalue weighted by Gasteiger charge is -2.11. The maximum atomic E-state index is 12.5. The van der Waals surface area contributed by atoms with Gasteiger partial charge < -0.3 is 4.42 Å². The first kappa shape index (κ1) is 20.2. The van der Waals surface area contributed by atoms with Gasteiger partial charge in [0.05, 0.1) is 23.3 Å². The fourth-order valence-electron chi connectivity index (χ4n) is 2.43. The third kappa shape index (κ3) is 5.06. The molecule has 0 spiro atoms. The number of rotatable bonds is 6. The zero-order valence-corrected chi connectivity index (χ0v) is 16.2. The number of carbonyl (C=O) groups is 2. The molecule has 150 valence electrons. The molecule has 0 saturated heterocycles. The summed E-state index contributed by atoms with van der Waals surface area (Å²) in [6, 6.07) is 10.6. The normalized spacial score (nSPS) is 11.1. The molecule has 10 heteroatoms. The molecule has 0 fully saturated rings. The summed E-state index contributed by atoms with van der Waals surface area (Å²) < 4.78 is 32.5. The summed E-state index contributed by atoms with van der Waals surface area (Å²) in [6.07, 6.45) is 4.31. The topological polar surface area (TPSA) is 130 Å². The number of hydrazine groups is 1. The first-order valence-corrected chi connectivity index (χ1v) is 9.98. The first-order valence-electron chi connectivity index (χ1n) is 8.50. The molecule has 0 saturated carbocycles. The van der Waals surface area contributed by atoms with Crippen molar-refractivity contribution in [1.82, 2.24) is 20.6 Å². The molecule has 0 unspecified atom stereocenters. The summed E-state index contributed by atoms with van der Waals surface area (Å²) in [4.78, 5) is 28.2. The van der Waals surface area contributed by atoms with E-state index in [9.17, 15) is 18.0 Å². The third-order valence-electron chi connectivity index (χ3n) is 3.99. The first-order chi connectivity index (χ1) is 13.9. The molecule has 0 bridgehead atoms. The van der Waals surface area contributed by atoms with Gasteiger partial charge in [0.2, 0.25) is 10.0 Å². The predicted octanol–water partition coefficient (Wildman–Crippen LogP) is 1.54. The quantitative estimate of drug-likeness (QED) is 0.525. The zero-order chi connectivity index (χ0) is 20.9. The number of hydrogen-bond acceptors (Lipinski definition) is 6. The lowest BCUT2D eigenvalue weighted by atomic mass is 10.1. The number of hydrogen-bond donors (Lipinski definition) is 3. The van der Waals surface area contributed by atoms with E-state index in [1.54, 1.807) is 25.1 Å². The monoisotopic (exact) mass is 414 g/mol. The molecule has 3 N–H and O–H groups in total. The van der Waals surface area contributed by atoms with Crippen LogP contribution in [-0.2, 0) is 16.6 Å². The van der Waals surface area contributed by atoms with Gasteiger partial charge in [-0.1, -0.05) is 6.07 Å². The molecule has 3 rings (SSSR count). The van der Waals surface area contributed by atoms with Crippen molar-refractivity contribution < 1.29 is 22.4 Å². The smallest absolute Gasteiger partial charge is 0.271 e. The van der Waals surface area contributed by atoms with E-state index in [0.29, 0.717) is 11.3 Å². The Labute approximate surface area is 167 Å². The van der Waals surface area contributed by atoms with Crippen LogP contribution >= 0.6 is 0 Å². The van der Waals surface area contributed by atoms with E-state index in [2.05, 4.69) is 20.6 Å². The van der Waals surface area contributed by atoms with Gasteiger partial charge in [0, 0.05) is 18.0 Å². The van der Waals surface area contributed by atoms with Crippen LogP contribution < -0.4 is 15.6 Å². The average Bonchev–Trinajstić information content (AvgIpc) is 3.25. The van der Waals surface area contributed by atoms with E-state index in [-0.39, 0.29) is 22.6 Å². The van der Waals surface area contributed by atoms with Gasteiger partial charge in [0.1, 0.15) is 5.76 Å². The molecule has 1 aromatic carbocycles. The summed E-state index contributed by atoms with van der Waals surface area (Å²) in [6.45, 7) is 1.64. The van der Waals surface area contributed by atoms with Gasteiger partial charge in [-0.25, -0.2) is 13.1 Å². The molecule has 2 heterocycles. The van der Waals surface area contributed by atoms with Crippen LogP contribution in [0, 0.1) is 6.92 Å². The molecular weight excluding hydrogens is 396 g/mol. The van der Waals surface area contributed by atoms with Gasteiger partial charge in [-0.2, -0.15) is 0 Å². The number of pyridine rings is 1. The van der Waals surface area contributed by atoms with E-state index in [0.717, 1.165) is 0 Å². The van der Waals surface area contributed by atoms with Gasteiger partial charge in [0.25, 0.3) is 11.8 Å². The van der Waals surface area contributed by atoms with Crippen molar-refractivity contribution in [2.24, 2.45) is 0 Å². The van der Waals surface area contributed by atoms with Crippen molar-refractivity contribution in [2.75, 3.05) is 0 Å². The zero-order valence-electron chi connectivity index (χ0n) is 15.4. The molecule has 0 aliphatic heterocycles. The number of furan rings is 1. The van der Waals surface area contributed by atoms with Gasteiger partial charge in [-0.05, 0) is 48.9 Å². The van der Waals surface area contributed by atoms with E-state index in [4.69, 9.17) is 4.42 Å². The van der Waals surface area contributed by atoms with Crippen molar-refractivity contribution in [2.45, 2.75) is 18.4 Å². The summed E-state index contributed by atoms with van der Waals surface area (Å²) in [5.74, 6) is -0.743. The minimum Gasteiger partial charge on any atom is -0.468 e. The molecule has 0 aliphatic rings. The highest BCUT2D eigenvalue weighted by Crippen LogP contribution is 2.16. The van der Waals surface area contributed by atoms with Gasteiger partial charge in [-0.3, -0.25) is 25.4 Å². The van der Waals surface area contributed by atoms with Crippen LogP contribution in [0.2, 0.25) is 0 Å². The molecule has 0 atom stereocenters. The van der Waals surface area contributed by atoms with E-state index >= 15 is 0 Å². The predicted molar refractivity (Wildman–Crippen MR) is 103 cm³/mol. The standard InChI is InChI=1S/C19H18N4O5S/c1-13-6-7-16(29(26,27)21-12-15-5-3-9-28-15)10-17(13)19(25)23-22-18(24)14-4-2-8-20-11-14/h2-11,21H,12H2,1H3,(H,22,24)(H,23,25). The van der Waals surface area contributed by atoms with Crippen molar-refractivity contribution in [1.29, 1.82) is 0 Å². The lowest BCUT2D eigenvalue weighted by molar-refractivity contribution is 0.0846. The van der Waals surface area contributed by atoms with Crippen molar-refractivity contribution in [3.05, 3.63) is 83.6 Å². The Morgan fingerprint density at radius 1 is 1.07 bits per heavy atom. The fourth-order valence-corrected chi connectivity index (χ4v) is 3.44. The highest BCUT2D eigenvalue weighted by Gasteiger charge is 2.19. The Hall–Kier alpha value is -3.50. The highest BCUT2D eigenvalue weighted by molar-refractivity contribution is 7.89. The fraction of sp³-hybridized carbons (Fsp3) is 0.105. The van der Waals surface area contributed by atoms with Crippen LogP contribution in [0.25, 0.3) is 0 Å². The van der Waals surface area contributed by atoms with Crippen LogP contribution in [0.15, 0.2) is 70.4 Å². The Morgan fingerprint density at radius 2 is 1.86 bits per heavy atom. The maximum absolute atomic E-state index is 12.5. The molecule has 9 nitrogen and oxygen atoms in total. The molecule has 2 amide bonds. The maximum Gasteiger partial charge on any atom is 0.271 e. The summed E-state index contributed by atoms with van der Waals surface area (Å²) >= 11 is 0. The van der Waals surface area contributed by atoms with Crippen molar-refractivity contribution in [3.8, 4) is 0 Å². The average molecular weight is 414 g/mol. The third-order valence-corrected chi connectivity index (χ3v) is 5.39. The number of carbonyl (C=O) groups excluding carboxylic acids is 2. The largest absolute Gasteiger partial charge is 0.468 e. The Bertz CT molecular complexity index is 1110. The molecular formula is C19H18N4O5S. The van der Waals surface area contributed by atoms with Crippen molar-refractivity contribution in [3.63, 3.8) is 0 Å². The van der Waals surface area contributed by atoms with E-state index in [1.165, 1.54) is 42.9 Å². The number of aromatic nitrogens is 1. The Morgan fingerprint density at radius 3 is 2.55 bits per heavy atom. The van der Waals surface area contributed by atoms with Crippen LogP contribution in [0.1, 0.15) is 32.0 Å². The number of nitrogens with zero attached hydrogens (tertiary/aromatic N) is 1. The Kier molecular flexibility index (Phi) is 6.05. The van der Waals surface area contributed by atoms with E-state index in [1.807, 2.05) is 0 Å². The minimum atomic E-state index is -3.87. The number of aryl methyl sites for hydroxylation is 1. The van der Waals surface area contributed by atoms with Crippen molar-refractivity contribution >= 4 is 21.8 Å². The van der Waals surface area contributed by atoms with Gasteiger partial charge in [0.15, 0.2) is 0 Å². The number of nitrogens with one attached hydrogen (secondary N) is 3. The van der Waals surface area contributed by atoms with Gasteiger partial charge in [-0.15, -0.1) is 0 Å². The number of amides is 2. The summed E-state index contributed by atoms with van der Waals surface area (Å²) in [5.41, 5.74) is 5.46. The lowest BCUT2D eigenvalue weighted by Crippen LogP contribution is -2.42. The minimum absolute atomic E-state index is 0.0219.